The van der Waals surface area contributed by atoms with Gasteiger partial charge in [-0.15, -0.1) is 10.2 Å². The van der Waals surface area contributed by atoms with Crippen LogP contribution in [0, 0.1) is 5.92 Å². The maximum Gasteiger partial charge on any atom is 0.410 e. The van der Waals surface area contributed by atoms with Crippen LogP contribution in [0.15, 0.2) is 23.2 Å². The maximum atomic E-state index is 13.0. The molecule has 13 nitrogen and oxygen atoms in total. The highest BCUT2D eigenvalue weighted by Gasteiger charge is 2.40. The summed E-state index contributed by atoms with van der Waals surface area (Å²) in [4.78, 5) is 43.7. The molecule has 0 bridgehead atoms. The number of carbonyl (C=O) groups is 3. The van der Waals surface area contributed by atoms with Gasteiger partial charge in [-0.25, -0.2) is 18.2 Å². The lowest BCUT2D eigenvalue weighted by Gasteiger charge is -2.40. The van der Waals surface area contributed by atoms with Crippen molar-refractivity contribution in [1.29, 1.82) is 0 Å². The average Bonchev–Trinajstić information content (AvgIpc) is 3.66. The van der Waals surface area contributed by atoms with Crippen LogP contribution in [0.3, 0.4) is 0 Å². The second-order valence-corrected chi connectivity index (χ2v) is 13.1. The summed E-state index contributed by atoms with van der Waals surface area (Å²) in [6.07, 6.45) is 4.69. The molecule has 14 heteroatoms. The largest absolute Gasteiger partial charge is 0.444 e. The van der Waals surface area contributed by atoms with E-state index in [1.807, 2.05) is 5.32 Å². The van der Waals surface area contributed by atoms with Gasteiger partial charge in [0.1, 0.15) is 16.3 Å². The smallest absolute Gasteiger partial charge is 0.410 e. The molecule has 0 spiro atoms. The van der Waals surface area contributed by atoms with E-state index in [9.17, 15) is 22.8 Å². The van der Waals surface area contributed by atoms with E-state index in [-0.39, 0.29) is 34.2 Å². The van der Waals surface area contributed by atoms with E-state index in [1.54, 1.807) is 27.8 Å². The van der Waals surface area contributed by atoms with Crippen LogP contribution in [0.4, 0.5) is 22.1 Å². The van der Waals surface area contributed by atoms with Gasteiger partial charge in [0.05, 0.1) is 5.69 Å². The first-order chi connectivity index (χ1) is 19.8. The minimum absolute atomic E-state index is 0.0719. The number of ether oxygens (including phenoxy) is 1. The minimum atomic E-state index is -3.77. The van der Waals surface area contributed by atoms with Gasteiger partial charge in [-0.05, 0) is 64.0 Å². The first-order valence-electron chi connectivity index (χ1n) is 14.2. The molecule has 0 atom stereocenters. The molecule has 4 rings (SSSR count). The Labute approximate surface area is 237 Å². The average molecular weight is 577 g/mol. The number of hydrogen-bond acceptors (Lipinski definition) is 10. The summed E-state index contributed by atoms with van der Waals surface area (Å²) < 4.78 is 52.7. The molecule has 40 heavy (non-hydrogen) atoms. The molecule has 216 valence electrons. The second-order valence-electron chi connectivity index (χ2n) is 11.1. The topological polar surface area (TPSA) is 173 Å². The van der Waals surface area contributed by atoms with E-state index in [0.29, 0.717) is 12.8 Å². The monoisotopic (exact) mass is 576 g/mol. The lowest BCUT2D eigenvalue weighted by Crippen LogP contribution is -2.50. The van der Waals surface area contributed by atoms with Crippen molar-refractivity contribution >= 4 is 45.1 Å². The van der Waals surface area contributed by atoms with Crippen LogP contribution < -0.4 is 16.0 Å². The first-order valence-corrected chi connectivity index (χ1v) is 14.6. The van der Waals surface area contributed by atoms with Crippen molar-refractivity contribution in [1.82, 2.24) is 25.4 Å². The summed E-state index contributed by atoms with van der Waals surface area (Å²) in [5.41, 5.74) is -0.466. The number of rotatable bonds is 8. The Kier molecular flexibility index (Phi) is 6.92. The molecule has 2 saturated carbocycles. The zero-order chi connectivity index (χ0) is 31.9. The zero-order valence-corrected chi connectivity index (χ0v) is 23.8. The van der Waals surface area contributed by atoms with Crippen molar-refractivity contribution < 1.29 is 31.7 Å². The first kappa shape index (κ1) is 25.2. The number of nitrogens with zero attached hydrogens (tertiary/aromatic N) is 4. The molecule has 0 saturated heterocycles. The lowest BCUT2D eigenvalue weighted by atomic mass is 9.79. The van der Waals surface area contributed by atoms with Crippen molar-refractivity contribution in [2.75, 3.05) is 30.9 Å². The highest BCUT2D eigenvalue weighted by Crippen LogP contribution is 2.41. The molecule has 2 aromatic heterocycles. The zero-order valence-electron chi connectivity index (χ0n) is 25.9. The number of hydrogen-bond donors (Lipinski definition) is 3. The Morgan fingerprint density at radius 3 is 2.45 bits per heavy atom. The third-order valence-electron chi connectivity index (χ3n) is 6.66. The molecule has 2 aliphatic carbocycles. The van der Waals surface area contributed by atoms with Crippen LogP contribution >= 0.6 is 0 Å². The summed E-state index contributed by atoms with van der Waals surface area (Å²) in [7, 11) is -2.16. The number of anilines is 3. The van der Waals surface area contributed by atoms with E-state index >= 15 is 0 Å². The van der Waals surface area contributed by atoms with E-state index in [4.69, 9.17) is 8.85 Å². The van der Waals surface area contributed by atoms with Crippen molar-refractivity contribution in [3.63, 3.8) is 0 Å². The predicted octanol–water partition coefficient (Wildman–Crippen LogP) is 2.84. The number of carbonyl (C=O) groups excluding carboxylic acids is 3. The third-order valence-corrected chi connectivity index (χ3v) is 7.77. The Morgan fingerprint density at radius 2 is 1.85 bits per heavy atom. The summed E-state index contributed by atoms with van der Waals surface area (Å²) >= 11 is 0. The van der Waals surface area contributed by atoms with Crippen LogP contribution in [-0.4, -0.2) is 78.3 Å². The van der Waals surface area contributed by atoms with Crippen LogP contribution in [0.2, 0.25) is 0 Å². The van der Waals surface area contributed by atoms with Crippen molar-refractivity contribution in [2.24, 2.45) is 5.92 Å². The van der Waals surface area contributed by atoms with Gasteiger partial charge in [0.25, 0.3) is 5.91 Å². The fraction of sp³-hybridized carbons (Fsp3) is 0.538. The molecule has 0 aliphatic heterocycles. The quantitative estimate of drug-likeness (QED) is 0.424. The Bertz CT molecular complexity index is 1530. The fourth-order valence-corrected chi connectivity index (χ4v) is 5.01. The second kappa shape index (κ2) is 11.0. The van der Waals surface area contributed by atoms with Gasteiger partial charge in [0.2, 0.25) is 5.91 Å². The van der Waals surface area contributed by atoms with Crippen LogP contribution in [-0.2, 0) is 19.4 Å². The van der Waals surface area contributed by atoms with Gasteiger partial charge in [-0.2, -0.15) is 0 Å². The number of pyridine rings is 1. The van der Waals surface area contributed by atoms with Crippen molar-refractivity contribution in [3.05, 3.63) is 29.6 Å². The van der Waals surface area contributed by atoms with Crippen molar-refractivity contribution in [3.8, 4) is 0 Å². The van der Waals surface area contributed by atoms with Gasteiger partial charge < -0.3 is 25.6 Å². The fourth-order valence-electron chi connectivity index (χ4n) is 4.21. The molecule has 2 aromatic rings. The highest BCUT2D eigenvalue weighted by molar-refractivity contribution is 7.90. The van der Waals surface area contributed by atoms with Crippen LogP contribution in [0.5, 0.6) is 0 Å². The number of aromatic nitrogens is 3. The van der Waals surface area contributed by atoms with Gasteiger partial charge in [0, 0.05) is 48.6 Å². The predicted molar refractivity (Wildman–Crippen MR) is 147 cm³/mol. The third kappa shape index (κ3) is 6.84. The molecule has 0 aromatic carbocycles. The SMILES string of the molecule is [2H]C([2H])([2H])NC(=O)c1nnc(NC(=O)C2CC(N(C)C(=O)OC(C)(C)C)C2)cc1Nc1ncc(C2CC2)cc1S(C)(=O)=O. The minimum Gasteiger partial charge on any atom is -0.444 e. The molecule has 3 N–H and O–H groups in total. The van der Waals surface area contributed by atoms with E-state index in [2.05, 4.69) is 25.8 Å². The van der Waals surface area contributed by atoms with E-state index in [0.717, 1.165) is 24.7 Å². The standard InChI is InChI=1S/C26H35N7O6S/c1-26(2,3)39-25(36)33(5)17-9-15(10-17)23(34)30-20-12-18(21(32-31-20)24(35)27-4)29-22-19(40(6,37)38)11-16(13-28-22)14-7-8-14/h11-15,17H,7-10H2,1-6H3,(H,27,35)(H2,28,29,30,31,34)/i4D3. The summed E-state index contributed by atoms with van der Waals surface area (Å²) in [5.74, 6) is -1.90. The van der Waals surface area contributed by atoms with Crippen molar-refractivity contribution in [2.45, 2.75) is 68.9 Å². The van der Waals surface area contributed by atoms with Gasteiger partial charge in [0.15, 0.2) is 21.3 Å². The lowest BCUT2D eigenvalue weighted by molar-refractivity contribution is -0.124. The molecular weight excluding hydrogens is 538 g/mol. The molecule has 3 amide bonds. The number of sulfone groups is 1. The van der Waals surface area contributed by atoms with E-state index in [1.165, 1.54) is 23.2 Å². The van der Waals surface area contributed by atoms with E-state index < -0.39 is 51.9 Å². The maximum absolute atomic E-state index is 13.0. The molecule has 2 fully saturated rings. The summed E-state index contributed by atoms with van der Waals surface area (Å²) in [6, 6.07) is 2.56. The summed E-state index contributed by atoms with van der Waals surface area (Å²) in [5, 5.41) is 14.9. The Morgan fingerprint density at radius 1 is 1.15 bits per heavy atom. The van der Waals surface area contributed by atoms with Gasteiger partial charge in [-0.3, -0.25) is 9.59 Å². The Hall–Kier alpha value is -3.81. The Balaban J connectivity index is 1.55. The van der Waals surface area contributed by atoms with Gasteiger partial charge in [-0.1, -0.05) is 0 Å². The molecular formula is C26H35N7O6S. The van der Waals surface area contributed by atoms with Crippen LogP contribution in [0.25, 0.3) is 0 Å². The molecule has 2 aliphatic rings. The van der Waals surface area contributed by atoms with Crippen LogP contribution in [0.1, 0.15) is 72.5 Å². The molecule has 0 radical (unpaired) electrons. The number of nitrogens with one attached hydrogen (secondary N) is 3. The summed E-state index contributed by atoms with van der Waals surface area (Å²) in [6.45, 7) is 2.45. The molecule has 2 heterocycles. The number of amides is 3. The molecule has 0 unspecified atom stereocenters. The highest BCUT2D eigenvalue weighted by atomic mass is 32.2. The van der Waals surface area contributed by atoms with Gasteiger partial charge >= 0.3 is 6.09 Å². The normalized spacial score (nSPS) is 20.2.